The van der Waals surface area contributed by atoms with Gasteiger partial charge in [0, 0.05) is 33.5 Å². The van der Waals surface area contributed by atoms with Crippen molar-refractivity contribution in [2.75, 3.05) is 16.8 Å². The number of unbranched alkanes of at least 4 members (excludes halogenated alkanes) is 1. The van der Waals surface area contributed by atoms with Crippen molar-refractivity contribution >= 4 is 49.7 Å². The van der Waals surface area contributed by atoms with Gasteiger partial charge in [0.25, 0.3) is 0 Å². The zero-order valence-electron chi connectivity index (χ0n) is 14.7. The monoisotopic (exact) mass is 488 g/mol. The van der Waals surface area contributed by atoms with Gasteiger partial charge in [-0.15, -0.1) is 11.3 Å². The predicted octanol–water partition coefficient (Wildman–Crippen LogP) is 7.80. The number of hydrogen-bond acceptors (Lipinski definition) is 3. The highest BCUT2D eigenvalue weighted by atomic mass is 79.9. The van der Waals surface area contributed by atoms with E-state index in [1.807, 2.05) is 28.5 Å². The van der Waals surface area contributed by atoms with Crippen molar-refractivity contribution in [3.05, 3.63) is 64.5 Å². The molecule has 0 N–H and O–H groups in total. The fourth-order valence-corrected chi connectivity index (χ4v) is 4.19. The molecule has 0 spiro atoms. The van der Waals surface area contributed by atoms with Crippen molar-refractivity contribution in [3.8, 4) is 11.3 Å². The van der Waals surface area contributed by atoms with Gasteiger partial charge in [0.15, 0.2) is 5.13 Å². The first-order valence-corrected chi connectivity index (χ1v) is 11.0. The molecule has 0 unspecified atom stereocenters. The molecule has 1 heterocycles. The summed E-state index contributed by atoms with van der Waals surface area (Å²) in [6, 6.07) is 12.7. The zero-order chi connectivity index (χ0) is 20.1. The van der Waals surface area contributed by atoms with E-state index < -0.39 is 11.7 Å². The standard InChI is InChI=1S/C20H17BrClF3N2S/c21-9-1-2-10-27(17-8-4-6-15(12-17)20(23,24)25)19-26-18(13-28-19)14-5-3-7-16(22)11-14/h3-8,11-13H,1-2,9-10H2. The summed E-state index contributed by atoms with van der Waals surface area (Å²) in [6.45, 7) is 0.579. The summed E-state index contributed by atoms with van der Waals surface area (Å²) < 4.78 is 39.5. The van der Waals surface area contributed by atoms with Crippen LogP contribution in [0.1, 0.15) is 18.4 Å². The lowest BCUT2D eigenvalue weighted by atomic mass is 10.1. The summed E-state index contributed by atoms with van der Waals surface area (Å²) in [6.07, 6.45) is -2.64. The molecule has 0 saturated carbocycles. The molecule has 28 heavy (non-hydrogen) atoms. The second-order valence-electron chi connectivity index (χ2n) is 6.12. The van der Waals surface area contributed by atoms with Gasteiger partial charge in [0.2, 0.25) is 0 Å². The minimum Gasteiger partial charge on any atom is -0.318 e. The van der Waals surface area contributed by atoms with E-state index in [1.165, 1.54) is 23.5 Å². The maximum absolute atomic E-state index is 13.2. The third kappa shape index (κ3) is 5.27. The normalized spacial score (nSPS) is 11.6. The van der Waals surface area contributed by atoms with Gasteiger partial charge in [-0.2, -0.15) is 13.2 Å². The Labute approximate surface area is 179 Å². The number of hydrogen-bond donors (Lipinski definition) is 0. The lowest BCUT2D eigenvalue weighted by Gasteiger charge is -2.23. The molecular formula is C20H17BrClF3N2S. The molecule has 0 saturated heterocycles. The fourth-order valence-electron chi connectivity index (χ4n) is 2.72. The molecule has 0 bridgehead atoms. The Morgan fingerprint density at radius 1 is 1.07 bits per heavy atom. The van der Waals surface area contributed by atoms with Crippen LogP contribution in [0.3, 0.4) is 0 Å². The molecule has 1 aromatic heterocycles. The molecule has 3 rings (SSSR count). The van der Waals surface area contributed by atoms with Gasteiger partial charge < -0.3 is 4.90 Å². The number of halogens is 5. The topological polar surface area (TPSA) is 16.1 Å². The number of rotatable bonds is 7. The highest BCUT2D eigenvalue weighted by molar-refractivity contribution is 9.09. The smallest absolute Gasteiger partial charge is 0.318 e. The van der Waals surface area contributed by atoms with Gasteiger partial charge >= 0.3 is 6.18 Å². The highest BCUT2D eigenvalue weighted by Gasteiger charge is 2.31. The van der Waals surface area contributed by atoms with Crippen LogP contribution in [0.5, 0.6) is 0 Å². The van der Waals surface area contributed by atoms with E-state index >= 15 is 0 Å². The zero-order valence-corrected chi connectivity index (χ0v) is 17.9. The summed E-state index contributed by atoms with van der Waals surface area (Å²) in [5, 5.41) is 4.00. The lowest BCUT2D eigenvalue weighted by Crippen LogP contribution is -2.19. The fraction of sp³-hybridized carbons (Fsp3) is 0.250. The van der Waals surface area contributed by atoms with Gasteiger partial charge in [-0.1, -0.05) is 45.7 Å². The Morgan fingerprint density at radius 3 is 2.57 bits per heavy atom. The average Bonchev–Trinajstić information content (AvgIpc) is 3.14. The molecule has 0 aliphatic rings. The quantitative estimate of drug-likeness (QED) is 0.249. The number of aromatic nitrogens is 1. The van der Waals surface area contributed by atoms with E-state index in [-0.39, 0.29) is 0 Å². The molecule has 148 valence electrons. The maximum Gasteiger partial charge on any atom is 0.416 e. The Hall–Kier alpha value is -1.57. The summed E-state index contributed by atoms with van der Waals surface area (Å²) in [5.74, 6) is 0. The van der Waals surface area contributed by atoms with Crippen LogP contribution < -0.4 is 4.90 Å². The Morgan fingerprint density at radius 2 is 1.86 bits per heavy atom. The van der Waals surface area contributed by atoms with Gasteiger partial charge in [-0.3, -0.25) is 0 Å². The molecule has 8 heteroatoms. The average molecular weight is 490 g/mol. The van der Waals surface area contributed by atoms with E-state index in [2.05, 4.69) is 20.9 Å². The molecule has 2 aromatic carbocycles. The van der Waals surface area contributed by atoms with Gasteiger partial charge in [-0.05, 0) is 43.2 Å². The first kappa shape index (κ1) is 21.1. The number of nitrogens with zero attached hydrogens (tertiary/aromatic N) is 2. The molecular weight excluding hydrogens is 473 g/mol. The molecule has 0 fully saturated rings. The molecule has 0 atom stereocenters. The second kappa shape index (κ2) is 9.29. The summed E-state index contributed by atoms with van der Waals surface area (Å²) in [5.41, 5.74) is 1.44. The first-order chi connectivity index (χ1) is 13.4. The minimum absolute atomic E-state index is 0.483. The maximum atomic E-state index is 13.2. The van der Waals surface area contributed by atoms with E-state index in [4.69, 9.17) is 11.6 Å². The molecule has 2 nitrogen and oxygen atoms in total. The van der Waals surface area contributed by atoms with E-state index in [1.54, 1.807) is 12.1 Å². The number of alkyl halides is 4. The molecule has 0 radical (unpaired) electrons. The van der Waals surface area contributed by atoms with Gasteiger partial charge in [0.05, 0.1) is 11.3 Å². The summed E-state index contributed by atoms with van der Waals surface area (Å²) >= 11 is 10.9. The first-order valence-electron chi connectivity index (χ1n) is 8.61. The largest absolute Gasteiger partial charge is 0.416 e. The minimum atomic E-state index is -4.38. The van der Waals surface area contributed by atoms with Crippen LogP contribution in [0.4, 0.5) is 24.0 Å². The van der Waals surface area contributed by atoms with E-state index in [9.17, 15) is 13.2 Å². The predicted molar refractivity (Wildman–Crippen MR) is 114 cm³/mol. The van der Waals surface area contributed by atoms with Gasteiger partial charge in [0.1, 0.15) is 0 Å². The van der Waals surface area contributed by atoms with Crippen molar-refractivity contribution in [2.45, 2.75) is 19.0 Å². The van der Waals surface area contributed by atoms with Crippen LogP contribution in [0.2, 0.25) is 5.02 Å². The van der Waals surface area contributed by atoms with Crippen molar-refractivity contribution in [2.24, 2.45) is 0 Å². The van der Waals surface area contributed by atoms with Crippen LogP contribution in [0.15, 0.2) is 53.9 Å². The number of benzene rings is 2. The Bertz CT molecular complexity index is 930. The van der Waals surface area contributed by atoms with Crippen LogP contribution in [-0.2, 0) is 6.18 Å². The third-order valence-electron chi connectivity index (χ3n) is 4.09. The van der Waals surface area contributed by atoms with Crippen molar-refractivity contribution < 1.29 is 13.2 Å². The van der Waals surface area contributed by atoms with Crippen molar-refractivity contribution in [1.29, 1.82) is 0 Å². The van der Waals surface area contributed by atoms with E-state index in [0.29, 0.717) is 22.4 Å². The number of thiazole rings is 1. The SMILES string of the molecule is FC(F)(F)c1cccc(N(CCCCBr)c2nc(-c3cccc(Cl)c3)cs2)c1. The number of anilines is 2. The molecule has 0 amide bonds. The van der Waals surface area contributed by atoms with E-state index in [0.717, 1.165) is 35.5 Å². The van der Waals surface area contributed by atoms with Crippen molar-refractivity contribution in [3.63, 3.8) is 0 Å². The second-order valence-corrected chi connectivity index (χ2v) is 8.19. The van der Waals surface area contributed by atoms with Crippen LogP contribution in [0.25, 0.3) is 11.3 Å². The third-order valence-corrected chi connectivity index (χ3v) is 5.75. The highest BCUT2D eigenvalue weighted by Crippen LogP contribution is 2.36. The van der Waals surface area contributed by atoms with Gasteiger partial charge in [-0.25, -0.2) is 4.98 Å². The lowest BCUT2D eigenvalue weighted by molar-refractivity contribution is -0.137. The van der Waals surface area contributed by atoms with Crippen molar-refractivity contribution in [1.82, 2.24) is 4.98 Å². The van der Waals surface area contributed by atoms with Crippen LogP contribution in [0, 0.1) is 0 Å². The summed E-state index contributed by atoms with van der Waals surface area (Å²) in [7, 11) is 0. The molecule has 0 aliphatic heterocycles. The molecule has 0 aliphatic carbocycles. The Balaban J connectivity index is 1.95. The molecule has 3 aromatic rings. The van der Waals surface area contributed by atoms with Crippen LogP contribution in [-0.4, -0.2) is 16.9 Å². The summed E-state index contributed by atoms with van der Waals surface area (Å²) in [4.78, 5) is 6.51. The van der Waals surface area contributed by atoms with Crippen LogP contribution >= 0.6 is 38.9 Å². The Kier molecular flexibility index (Phi) is 7.01.